The average Bonchev–Trinajstić information content (AvgIpc) is 3.05. The van der Waals surface area contributed by atoms with Crippen molar-refractivity contribution in [2.24, 2.45) is 0 Å². The zero-order valence-corrected chi connectivity index (χ0v) is 14.3. The van der Waals surface area contributed by atoms with Crippen LogP contribution in [-0.2, 0) is 5.88 Å². The number of nitrogens with zero attached hydrogens (tertiary/aromatic N) is 3. The number of hydrogen-bond acceptors (Lipinski definition) is 4. The Morgan fingerprint density at radius 3 is 2.38 bits per heavy atom. The van der Waals surface area contributed by atoms with Crippen LogP contribution in [0.4, 0.5) is 13.2 Å². The van der Waals surface area contributed by atoms with Gasteiger partial charge in [-0.1, -0.05) is 0 Å². The minimum Gasteiger partial charge on any atom is -0.481 e. The van der Waals surface area contributed by atoms with Gasteiger partial charge in [0.1, 0.15) is 5.75 Å². The highest BCUT2D eigenvalue weighted by Crippen LogP contribution is 2.29. The van der Waals surface area contributed by atoms with Crippen molar-refractivity contribution in [3.8, 4) is 28.6 Å². The lowest BCUT2D eigenvalue weighted by molar-refractivity contribution is -0.274. The molecule has 3 rings (SSSR count). The van der Waals surface area contributed by atoms with Gasteiger partial charge in [0.15, 0.2) is 0 Å². The van der Waals surface area contributed by atoms with E-state index < -0.39 is 6.36 Å². The van der Waals surface area contributed by atoms with Crippen molar-refractivity contribution in [3.63, 3.8) is 0 Å². The molecule has 136 valence electrons. The second kappa shape index (κ2) is 7.25. The van der Waals surface area contributed by atoms with E-state index in [1.54, 1.807) is 29.1 Å². The molecule has 2 heterocycles. The molecule has 0 saturated carbocycles. The summed E-state index contributed by atoms with van der Waals surface area (Å²) >= 11 is 5.88. The van der Waals surface area contributed by atoms with E-state index >= 15 is 0 Å². The quantitative estimate of drug-likeness (QED) is 0.605. The highest BCUT2D eigenvalue weighted by molar-refractivity contribution is 6.16. The Kier molecular flexibility index (Phi) is 5.03. The normalized spacial score (nSPS) is 11.4. The van der Waals surface area contributed by atoms with E-state index in [4.69, 9.17) is 16.3 Å². The first-order valence-corrected chi connectivity index (χ1v) is 7.94. The topological polar surface area (TPSA) is 49.2 Å². The number of ether oxygens (including phenoxy) is 2. The number of benzene rings is 1. The molecular formula is C17H13ClF3N3O2. The van der Waals surface area contributed by atoms with Crippen molar-refractivity contribution in [3.05, 3.63) is 54.4 Å². The van der Waals surface area contributed by atoms with Crippen LogP contribution >= 0.6 is 11.6 Å². The van der Waals surface area contributed by atoms with E-state index in [2.05, 4.69) is 14.8 Å². The second-order valence-electron chi connectivity index (χ2n) is 5.20. The fraction of sp³-hybridized carbons (Fsp3) is 0.176. The molecular weight excluding hydrogens is 371 g/mol. The van der Waals surface area contributed by atoms with Gasteiger partial charge in [-0.15, -0.1) is 24.8 Å². The molecule has 26 heavy (non-hydrogen) atoms. The van der Waals surface area contributed by atoms with Crippen LogP contribution in [0, 0.1) is 0 Å². The summed E-state index contributed by atoms with van der Waals surface area (Å²) in [6.07, 6.45) is -3.15. The molecule has 0 aliphatic heterocycles. The molecule has 0 saturated heterocycles. The van der Waals surface area contributed by atoms with Gasteiger partial charge in [0, 0.05) is 11.6 Å². The minimum absolute atomic E-state index is 0.193. The van der Waals surface area contributed by atoms with Crippen LogP contribution in [-0.4, -0.2) is 28.2 Å². The summed E-state index contributed by atoms with van der Waals surface area (Å²) in [4.78, 5) is 4.14. The predicted molar refractivity (Wildman–Crippen MR) is 89.6 cm³/mol. The van der Waals surface area contributed by atoms with Gasteiger partial charge >= 0.3 is 6.36 Å². The standard InChI is InChI=1S/C17H13ClF3N3O2/c1-25-16-7-4-13(10-22-16)24-15(8-12(9-18)23-24)11-2-5-14(6-3-11)26-17(19,20)21/h2-8,10H,9H2,1H3. The Hall–Kier alpha value is -2.74. The Morgan fingerprint density at radius 1 is 1.12 bits per heavy atom. The molecule has 3 aromatic rings. The van der Waals surface area contributed by atoms with E-state index in [0.717, 1.165) is 0 Å². The summed E-state index contributed by atoms with van der Waals surface area (Å²) in [6, 6.07) is 10.7. The molecule has 0 aliphatic carbocycles. The number of pyridine rings is 1. The summed E-state index contributed by atoms with van der Waals surface area (Å²) in [5, 5.41) is 4.41. The number of halogens is 4. The number of rotatable bonds is 5. The largest absolute Gasteiger partial charge is 0.573 e. The summed E-state index contributed by atoms with van der Waals surface area (Å²) in [5.74, 6) is 0.350. The predicted octanol–water partition coefficient (Wildman–Crippen LogP) is 4.58. The van der Waals surface area contributed by atoms with Crippen molar-refractivity contribution in [1.82, 2.24) is 14.8 Å². The van der Waals surface area contributed by atoms with Gasteiger partial charge in [0.25, 0.3) is 0 Å². The van der Waals surface area contributed by atoms with Gasteiger partial charge in [-0.05, 0) is 36.4 Å². The van der Waals surface area contributed by atoms with E-state index in [0.29, 0.717) is 28.5 Å². The van der Waals surface area contributed by atoms with E-state index in [1.807, 2.05) is 0 Å². The van der Waals surface area contributed by atoms with Crippen LogP contribution < -0.4 is 9.47 Å². The molecule has 5 nitrogen and oxygen atoms in total. The van der Waals surface area contributed by atoms with Gasteiger partial charge in [-0.3, -0.25) is 0 Å². The average molecular weight is 384 g/mol. The summed E-state index contributed by atoms with van der Waals surface area (Å²) < 4.78 is 47.4. The number of hydrogen-bond donors (Lipinski definition) is 0. The molecule has 0 unspecified atom stereocenters. The van der Waals surface area contributed by atoms with E-state index in [-0.39, 0.29) is 11.6 Å². The summed E-state index contributed by atoms with van der Waals surface area (Å²) in [6.45, 7) is 0. The minimum atomic E-state index is -4.73. The van der Waals surface area contributed by atoms with Crippen molar-refractivity contribution in [1.29, 1.82) is 0 Å². The van der Waals surface area contributed by atoms with E-state index in [1.165, 1.54) is 31.4 Å². The Morgan fingerprint density at radius 2 is 1.85 bits per heavy atom. The lowest BCUT2D eigenvalue weighted by atomic mass is 10.1. The third-order valence-electron chi connectivity index (χ3n) is 3.45. The molecule has 0 N–H and O–H groups in total. The van der Waals surface area contributed by atoms with Crippen LogP contribution in [0.2, 0.25) is 0 Å². The van der Waals surface area contributed by atoms with Crippen LogP contribution in [0.1, 0.15) is 5.69 Å². The third kappa shape index (κ3) is 4.08. The fourth-order valence-electron chi connectivity index (χ4n) is 2.34. The Balaban J connectivity index is 1.97. The van der Waals surface area contributed by atoms with Crippen molar-refractivity contribution in [2.75, 3.05) is 7.11 Å². The maximum atomic E-state index is 12.3. The SMILES string of the molecule is COc1ccc(-n2nc(CCl)cc2-c2ccc(OC(F)(F)F)cc2)cn1. The van der Waals surface area contributed by atoms with E-state index in [9.17, 15) is 13.2 Å². The first kappa shape index (κ1) is 18.1. The maximum Gasteiger partial charge on any atom is 0.573 e. The maximum absolute atomic E-state index is 12.3. The first-order valence-electron chi connectivity index (χ1n) is 7.41. The smallest absolute Gasteiger partial charge is 0.481 e. The van der Waals surface area contributed by atoms with Crippen molar-refractivity contribution >= 4 is 11.6 Å². The molecule has 1 aromatic carbocycles. The molecule has 0 spiro atoms. The lowest BCUT2D eigenvalue weighted by Gasteiger charge is -2.10. The number of aromatic nitrogens is 3. The van der Waals surface area contributed by atoms with Gasteiger partial charge in [-0.25, -0.2) is 9.67 Å². The highest BCUT2D eigenvalue weighted by atomic mass is 35.5. The fourth-order valence-corrected chi connectivity index (χ4v) is 2.47. The highest BCUT2D eigenvalue weighted by Gasteiger charge is 2.31. The van der Waals surface area contributed by atoms with Crippen LogP contribution in [0.5, 0.6) is 11.6 Å². The van der Waals surface area contributed by atoms with Crippen LogP contribution in [0.3, 0.4) is 0 Å². The molecule has 0 fully saturated rings. The Bertz CT molecular complexity index is 878. The van der Waals surface area contributed by atoms with Gasteiger partial charge in [0.05, 0.1) is 36.3 Å². The third-order valence-corrected chi connectivity index (χ3v) is 3.73. The lowest BCUT2D eigenvalue weighted by Crippen LogP contribution is -2.16. The molecule has 0 atom stereocenters. The first-order chi connectivity index (χ1) is 12.4. The summed E-state index contributed by atoms with van der Waals surface area (Å²) in [7, 11) is 1.51. The zero-order valence-electron chi connectivity index (χ0n) is 13.5. The van der Waals surface area contributed by atoms with Gasteiger partial charge in [-0.2, -0.15) is 5.10 Å². The second-order valence-corrected chi connectivity index (χ2v) is 5.46. The zero-order chi connectivity index (χ0) is 18.7. The molecule has 9 heteroatoms. The number of alkyl halides is 4. The number of methoxy groups -OCH3 is 1. The van der Waals surface area contributed by atoms with Crippen LogP contribution in [0.15, 0.2) is 48.7 Å². The van der Waals surface area contributed by atoms with Crippen LogP contribution in [0.25, 0.3) is 16.9 Å². The van der Waals surface area contributed by atoms with Crippen molar-refractivity contribution < 1.29 is 22.6 Å². The molecule has 0 bridgehead atoms. The monoisotopic (exact) mass is 383 g/mol. The summed E-state index contributed by atoms with van der Waals surface area (Å²) in [5.41, 5.74) is 2.59. The molecule has 0 aliphatic rings. The van der Waals surface area contributed by atoms with Crippen molar-refractivity contribution in [2.45, 2.75) is 12.2 Å². The molecule has 0 amide bonds. The molecule has 2 aromatic heterocycles. The Labute approximate surface area is 151 Å². The van der Waals surface area contributed by atoms with Gasteiger partial charge < -0.3 is 9.47 Å². The van der Waals surface area contributed by atoms with Gasteiger partial charge in [0.2, 0.25) is 5.88 Å². The molecule has 0 radical (unpaired) electrons.